The number of rotatable bonds is 14. The minimum atomic E-state index is -1.29. The Hall–Kier alpha value is -2.98. The highest BCUT2D eigenvalue weighted by Crippen LogP contribution is 2.31. The summed E-state index contributed by atoms with van der Waals surface area (Å²) < 4.78 is 25.7. The van der Waals surface area contributed by atoms with Gasteiger partial charge in [-0.15, -0.1) is 11.3 Å². The number of nitrogens with zero attached hydrogens (tertiary/aromatic N) is 1. The molecule has 0 radical (unpaired) electrons. The molecule has 1 aromatic heterocycles. The number of nitrogens with one attached hydrogen (secondary N) is 1. The smallest absolute Gasteiger partial charge is 0.371 e. The van der Waals surface area contributed by atoms with Crippen molar-refractivity contribution < 1.29 is 28.6 Å². The zero-order chi connectivity index (χ0) is 28.4. The van der Waals surface area contributed by atoms with Crippen LogP contribution in [0.2, 0.25) is 10.0 Å². The van der Waals surface area contributed by atoms with Crippen LogP contribution in [0.3, 0.4) is 0 Å². The van der Waals surface area contributed by atoms with Gasteiger partial charge in [-0.3, -0.25) is 10.1 Å². The lowest BCUT2D eigenvalue weighted by Gasteiger charge is -2.09. The molecule has 3 rings (SSSR count). The molecule has 0 unspecified atom stereocenters. The number of anilines is 1. The van der Waals surface area contributed by atoms with E-state index in [0.717, 1.165) is 24.2 Å². The van der Waals surface area contributed by atoms with Crippen molar-refractivity contribution in [2.45, 2.75) is 45.6 Å². The fourth-order valence-electron chi connectivity index (χ4n) is 3.70. The molecule has 0 fully saturated rings. The largest absolute Gasteiger partial charge is 0.490 e. The second-order valence-electron chi connectivity index (χ2n) is 8.61. The number of ether oxygens (including phenoxy) is 2. The molecule has 2 N–H and O–H groups in total. The highest BCUT2D eigenvalue weighted by atomic mass is 35.5. The molecule has 208 valence electrons. The van der Waals surface area contributed by atoms with Gasteiger partial charge in [0.05, 0.1) is 29.5 Å². The van der Waals surface area contributed by atoms with Crippen molar-refractivity contribution in [2.24, 2.45) is 0 Å². The van der Waals surface area contributed by atoms with E-state index in [1.165, 1.54) is 44.6 Å². The first-order chi connectivity index (χ1) is 18.7. The fraction of sp³-hybridized carbons (Fsp3) is 0.321. The topological polar surface area (TPSA) is 97.8 Å². The Morgan fingerprint density at radius 2 is 1.87 bits per heavy atom. The fourth-order valence-corrected chi connectivity index (χ4v) is 5.00. The lowest BCUT2D eigenvalue weighted by Crippen LogP contribution is -2.12. The molecule has 0 bridgehead atoms. The van der Waals surface area contributed by atoms with Crippen LogP contribution < -0.4 is 5.32 Å². The molecule has 0 saturated carbocycles. The quantitative estimate of drug-likeness (QED) is 0.111. The molecule has 0 saturated heterocycles. The summed E-state index contributed by atoms with van der Waals surface area (Å²) in [5.41, 5.74) is 1.46. The predicted molar refractivity (Wildman–Crippen MR) is 153 cm³/mol. The number of aromatic nitrogens is 1. The molecule has 2 aromatic carbocycles. The number of hydrogen-bond donors (Lipinski definition) is 2. The van der Waals surface area contributed by atoms with Crippen molar-refractivity contribution in [1.82, 2.24) is 4.98 Å². The Morgan fingerprint density at radius 1 is 1.15 bits per heavy atom. The molecule has 0 atom stereocenters. The number of methoxy groups -OCH3 is 1. The van der Waals surface area contributed by atoms with Crippen LogP contribution in [0.5, 0.6) is 0 Å². The summed E-state index contributed by atoms with van der Waals surface area (Å²) in [6, 6.07) is 7.76. The third-order valence-electron chi connectivity index (χ3n) is 5.78. The molecular formula is C28H29Cl2FN2O5S. The number of halogens is 3. The first-order valence-corrected chi connectivity index (χ1v) is 14.0. The van der Waals surface area contributed by atoms with E-state index in [1.807, 2.05) is 0 Å². The van der Waals surface area contributed by atoms with Crippen molar-refractivity contribution in [3.05, 3.63) is 74.0 Å². The zero-order valence-corrected chi connectivity index (χ0v) is 23.9. The number of amides is 1. The number of aliphatic carboxylic acids is 1. The van der Waals surface area contributed by atoms with Crippen molar-refractivity contribution in [2.75, 3.05) is 19.0 Å². The molecule has 11 heteroatoms. The molecule has 39 heavy (non-hydrogen) atoms. The van der Waals surface area contributed by atoms with Crippen molar-refractivity contribution >= 4 is 57.6 Å². The van der Waals surface area contributed by atoms with E-state index in [2.05, 4.69) is 17.2 Å². The van der Waals surface area contributed by atoms with Crippen LogP contribution in [0, 0.1) is 5.82 Å². The SMILES string of the molecule is CCCCCCCOCc1cccc(-c2csc(NC(=O)c3cc(Cl)c(C=C(OC)C(=O)O)c(Cl)c3)n2)c1F. The average molecular weight is 596 g/mol. The lowest BCUT2D eigenvalue weighted by atomic mass is 10.1. The van der Waals surface area contributed by atoms with Gasteiger partial charge in [-0.2, -0.15) is 0 Å². The first kappa shape index (κ1) is 30.6. The third-order valence-corrected chi connectivity index (χ3v) is 7.16. The zero-order valence-electron chi connectivity index (χ0n) is 21.6. The summed E-state index contributed by atoms with van der Waals surface area (Å²) in [5, 5.41) is 13.8. The first-order valence-electron chi connectivity index (χ1n) is 12.4. The van der Waals surface area contributed by atoms with Gasteiger partial charge in [0.25, 0.3) is 5.91 Å². The number of carboxylic acids is 1. The summed E-state index contributed by atoms with van der Waals surface area (Å²) in [7, 11) is 1.21. The molecule has 0 aliphatic carbocycles. The molecule has 1 heterocycles. The van der Waals surface area contributed by atoms with Crippen LogP contribution in [0.15, 0.2) is 41.5 Å². The van der Waals surface area contributed by atoms with Gasteiger partial charge in [0.15, 0.2) is 5.13 Å². The Bertz CT molecular complexity index is 1320. The van der Waals surface area contributed by atoms with Gasteiger partial charge in [-0.1, -0.05) is 67.9 Å². The molecule has 0 aliphatic rings. The minimum Gasteiger partial charge on any atom is -0.490 e. The maximum Gasteiger partial charge on any atom is 0.371 e. The molecule has 7 nitrogen and oxygen atoms in total. The van der Waals surface area contributed by atoms with E-state index in [1.54, 1.807) is 23.6 Å². The summed E-state index contributed by atoms with van der Waals surface area (Å²) >= 11 is 13.7. The van der Waals surface area contributed by atoms with E-state index in [0.29, 0.717) is 23.4 Å². The number of carbonyl (C=O) groups excluding carboxylic acids is 1. The second-order valence-corrected chi connectivity index (χ2v) is 10.3. The average Bonchev–Trinajstić information content (AvgIpc) is 3.36. The summed E-state index contributed by atoms with van der Waals surface area (Å²) in [5.74, 6) is -2.61. The number of carboxylic acid groups (broad SMARTS) is 1. The number of benzene rings is 2. The Kier molecular flexibility index (Phi) is 11.7. The van der Waals surface area contributed by atoms with Crippen molar-refractivity contribution in [3.63, 3.8) is 0 Å². The van der Waals surface area contributed by atoms with Gasteiger partial charge in [0.1, 0.15) is 5.82 Å². The molecule has 3 aromatic rings. The van der Waals surface area contributed by atoms with Crippen molar-refractivity contribution in [3.8, 4) is 11.3 Å². The van der Waals surface area contributed by atoms with Crippen LogP contribution >= 0.6 is 34.5 Å². The maximum atomic E-state index is 15.2. The van der Waals surface area contributed by atoms with Crippen LogP contribution in [-0.4, -0.2) is 35.7 Å². The van der Waals surface area contributed by atoms with Gasteiger partial charge in [0, 0.05) is 34.2 Å². The van der Waals surface area contributed by atoms with Crippen LogP contribution in [-0.2, 0) is 20.9 Å². The van der Waals surface area contributed by atoms with E-state index in [4.69, 9.17) is 37.8 Å². The minimum absolute atomic E-state index is 0.0605. The van der Waals surface area contributed by atoms with Gasteiger partial charge in [0.2, 0.25) is 5.76 Å². The number of carbonyl (C=O) groups is 2. The third kappa shape index (κ3) is 8.50. The number of thiazole rings is 1. The van der Waals surface area contributed by atoms with Gasteiger partial charge in [-0.05, 0) is 30.7 Å². The standard InChI is InChI=1S/C28H29Cl2FN2O5S/c1-3-4-5-6-7-11-38-15-17-9-8-10-19(25(17)31)23-16-39-28(32-23)33-26(34)18-12-21(29)20(22(30)13-18)14-24(37-2)27(35)36/h8-10,12-14,16H,3-7,11,15H2,1-2H3,(H,35,36)(H,32,33,34). The molecule has 0 spiro atoms. The highest BCUT2D eigenvalue weighted by Gasteiger charge is 2.18. The summed E-state index contributed by atoms with van der Waals surface area (Å²) in [6.07, 6.45) is 6.79. The summed E-state index contributed by atoms with van der Waals surface area (Å²) in [4.78, 5) is 28.4. The summed E-state index contributed by atoms with van der Waals surface area (Å²) in [6.45, 7) is 2.92. The van der Waals surface area contributed by atoms with E-state index < -0.39 is 17.7 Å². The lowest BCUT2D eigenvalue weighted by molar-refractivity contribution is -0.135. The van der Waals surface area contributed by atoms with Crippen LogP contribution in [0.1, 0.15) is 60.5 Å². The van der Waals surface area contributed by atoms with E-state index >= 15 is 4.39 Å². The van der Waals surface area contributed by atoms with Crippen molar-refractivity contribution in [1.29, 1.82) is 0 Å². The second kappa shape index (κ2) is 15.0. The Morgan fingerprint density at radius 3 is 2.54 bits per heavy atom. The van der Waals surface area contributed by atoms with Gasteiger partial charge >= 0.3 is 5.97 Å². The van der Waals surface area contributed by atoms with E-state index in [-0.39, 0.29) is 38.7 Å². The molecule has 1 amide bonds. The van der Waals surface area contributed by atoms with Crippen LogP contribution in [0.25, 0.3) is 17.3 Å². The Labute approximate surface area is 240 Å². The van der Waals surface area contributed by atoms with Gasteiger partial charge in [-0.25, -0.2) is 14.2 Å². The normalized spacial score (nSPS) is 11.5. The Balaban J connectivity index is 1.67. The molecular weight excluding hydrogens is 566 g/mol. The highest BCUT2D eigenvalue weighted by molar-refractivity contribution is 7.14. The predicted octanol–water partition coefficient (Wildman–Crippen LogP) is 8.07. The number of unbranched alkanes of at least 4 members (excludes halogenated alkanes) is 4. The van der Waals surface area contributed by atoms with Gasteiger partial charge < -0.3 is 14.6 Å². The molecule has 0 aliphatic heterocycles. The number of hydrogen-bond acceptors (Lipinski definition) is 6. The van der Waals surface area contributed by atoms with Crippen LogP contribution in [0.4, 0.5) is 9.52 Å². The monoisotopic (exact) mass is 594 g/mol. The maximum absolute atomic E-state index is 15.2. The van der Waals surface area contributed by atoms with E-state index in [9.17, 15) is 9.59 Å².